The highest BCUT2D eigenvalue weighted by molar-refractivity contribution is 5.94. The molecule has 0 heterocycles. The lowest BCUT2D eigenvalue weighted by molar-refractivity contribution is 0.0951. The highest BCUT2D eigenvalue weighted by Gasteiger charge is 2.07. The molecule has 2 rings (SSSR count). The summed E-state index contributed by atoms with van der Waals surface area (Å²) in [5.41, 5.74) is 2.37. The van der Waals surface area contributed by atoms with Crippen LogP contribution < -0.4 is 10.1 Å². The largest absolute Gasteiger partial charge is 0.494 e. The first kappa shape index (κ1) is 14.1. The van der Waals surface area contributed by atoms with Crippen molar-refractivity contribution in [2.24, 2.45) is 0 Å². The van der Waals surface area contributed by atoms with Gasteiger partial charge in [0.2, 0.25) is 0 Å². The standard InChI is InChI=1S/C16H16FNO2/c1-11-3-6-13(7-4-11)16(19)18-10-12-5-8-15(20-2)14(17)9-12/h3-9H,10H2,1-2H3,(H,18,19). The molecule has 1 amide bonds. The smallest absolute Gasteiger partial charge is 0.251 e. The van der Waals surface area contributed by atoms with Gasteiger partial charge in [-0.05, 0) is 36.8 Å². The summed E-state index contributed by atoms with van der Waals surface area (Å²) in [4.78, 5) is 11.9. The SMILES string of the molecule is COc1ccc(CNC(=O)c2ccc(C)cc2)cc1F. The van der Waals surface area contributed by atoms with Crippen LogP contribution in [-0.2, 0) is 6.54 Å². The zero-order valence-electron chi connectivity index (χ0n) is 11.4. The number of nitrogens with one attached hydrogen (secondary N) is 1. The third-order valence-electron chi connectivity index (χ3n) is 2.98. The molecule has 3 nitrogen and oxygen atoms in total. The average Bonchev–Trinajstić information content (AvgIpc) is 2.45. The van der Waals surface area contributed by atoms with Gasteiger partial charge in [0.05, 0.1) is 7.11 Å². The van der Waals surface area contributed by atoms with Crippen molar-refractivity contribution in [3.05, 3.63) is 65.0 Å². The molecule has 0 saturated carbocycles. The number of hydrogen-bond donors (Lipinski definition) is 1. The fourth-order valence-electron chi connectivity index (χ4n) is 1.81. The first-order chi connectivity index (χ1) is 9.60. The molecule has 20 heavy (non-hydrogen) atoms. The fraction of sp³-hybridized carbons (Fsp3) is 0.188. The van der Waals surface area contributed by atoms with Gasteiger partial charge >= 0.3 is 0 Å². The van der Waals surface area contributed by atoms with Crippen LogP contribution in [0.15, 0.2) is 42.5 Å². The summed E-state index contributed by atoms with van der Waals surface area (Å²) in [5, 5.41) is 2.75. The van der Waals surface area contributed by atoms with E-state index < -0.39 is 5.82 Å². The number of aryl methyl sites for hydroxylation is 1. The van der Waals surface area contributed by atoms with Gasteiger partial charge in [0.15, 0.2) is 11.6 Å². The molecule has 2 aromatic rings. The number of amides is 1. The van der Waals surface area contributed by atoms with Crippen LogP contribution in [0.5, 0.6) is 5.75 Å². The predicted octanol–water partition coefficient (Wildman–Crippen LogP) is 3.07. The highest BCUT2D eigenvalue weighted by atomic mass is 19.1. The summed E-state index contributed by atoms with van der Waals surface area (Å²) in [6.07, 6.45) is 0. The molecule has 0 fully saturated rings. The van der Waals surface area contributed by atoms with Crippen LogP contribution in [-0.4, -0.2) is 13.0 Å². The quantitative estimate of drug-likeness (QED) is 0.929. The van der Waals surface area contributed by atoms with E-state index in [-0.39, 0.29) is 18.2 Å². The summed E-state index contributed by atoms with van der Waals surface area (Å²) < 4.78 is 18.3. The van der Waals surface area contributed by atoms with Gasteiger partial charge in [0.25, 0.3) is 5.91 Å². The van der Waals surface area contributed by atoms with Gasteiger partial charge in [-0.1, -0.05) is 23.8 Å². The lowest BCUT2D eigenvalue weighted by atomic mass is 10.1. The van der Waals surface area contributed by atoms with Crippen molar-refractivity contribution < 1.29 is 13.9 Å². The number of hydrogen-bond acceptors (Lipinski definition) is 2. The maximum absolute atomic E-state index is 13.5. The Bertz CT molecular complexity index is 608. The Morgan fingerprint density at radius 3 is 2.50 bits per heavy atom. The van der Waals surface area contributed by atoms with Crippen LogP contribution in [0.1, 0.15) is 21.5 Å². The Hall–Kier alpha value is -2.36. The number of halogens is 1. The van der Waals surface area contributed by atoms with E-state index in [1.165, 1.54) is 13.2 Å². The van der Waals surface area contributed by atoms with Crippen LogP contribution in [0, 0.1) is 12.7 Å². The molecule has 0 aliphatic carbocycles. The maximum atomic E-state index is 13.5. The lowest BCUT2D eigenvalue weighted by Gasteiger charge is -2.07. The molecule has 0 unspecified atom stereocenters. The van der Waals surface area contributed by atoms with Crippen molar-refractivity contribution in [2.45, 2.75) is 13.5 Å². The van der Waals surface area contributed by atoms with Crippen molar-refractivity contribution in [3.63, 3.8) is 0 Å². The minimum absolute atomic E-state index is 0.179. The molecular weight excluding hydrogens is 257 g/mol. The van der Waals surface area contributed by atoms with Gasteiger partial charge in [-0.15, -0.1) is 0 Å². The Morgan fingerprint density at radius 1 is 1.20 bits per heavy atom. The highest BCUT2D eigenvalue weighted by Crippen LogP contribution is 2.17. The van der Waals surface area contributed by atoms with Crippen LogP contribution in [0.3, 0.4) is 0 Å². The maximum Gasteiger partial charge on any atom is 0.251 e. The van der Waals surface area contributed by atoms with E-state index in [0.717, 1.165) is 5.56 Å². The molecule has 0 bridgehead atoms. The number of methoxy groups -OCH3 is 1. The summed E-state index contributed by atoms with van der Waals surface area (Å²) in [5.74, 6) is -0.422. The molecule has 104 valence electrons. The van der Waals surface area contributed by atoms with E-state index in [4.69, 9.17) is 4.74 Å². The minimum atomic E-state index is -0.436. The van der Waals surface area contributed by atoms with Gasteiger partial charge in [0.1, 0.15) is 0 Å². The molecule has 0 radical (unpaired) electrons. The summed E-state index contributed by atoms with van der Waals surface area (Å²) in [7, 11) is 1.41. The van der Waals surface area contributed by atoms with Gasteiger partial charge in [0, 0.05) is 12.1 Å². The van der Waals surface area contributed by atoms with Crippen LogP contribution in [0.25, 0.3) is 0 Å². The van der Waals surface area contributed by atoms with Gasteiger partial charge in [-0.2, -0.15) is 0 Å². The second-order valence-electron chi connectivity index (χ2n) is 4.52. The fourth-order valence-corrected chi connectivity index (χ4v) is 1.81. The van der Waals surface area contributed by atoms with Crippen LogP contribution in [0.4, 0.5) is 4.39 Å². The number of carbonyl (C=O) groups is 1. The first-order valence-corrected chi connectivity index (χ1v) is 6.27. The summed E-state index contributed by atoms with van der Waals surface area (Å²) in [6.45, 7) is 2.23. The number of ether oxygens (including phenoxy) is 1. The van der Waals surface area contributed by atoms with Gasteiger partial charge < -0.3 is 10.1 Å². The lowest BCUT2D eigenvalue weighted by Crippen LogP contribution is -2.22. The number of carbonyl (C=O) groups excluding carboxylic acids is 1. The van der Waals surface area contributed by atoms with E-state index in [1.54, 1.807) is 24.3 Å². The predicted molar refractivity (Wildman–Crippen MR) is 75.3 cm³/mol. The second-order valence-corrected chi connectivity index (χ2v) is 4.52. The normalized spacial score (nSPS) is 10.2. The molecule has 2 aromatic carbocycles. The molecular formula is C16H16FNO2. The molecule has 4 heteroatoms. The Labute approximate surface area is 117 Å². The van der Waals surface area contributed by atoms with Crippen molar-refractivity contribution in [1.29, 1.82) is 0 Å². The number of rotatable bonds is 4. The van der Waals surface area contributed by atoms with E-state index in [9.17, 15) is 9.18 Å². The summed E-state index contributed by atoms with van der Waals surface area (Å²) in [6, 6.07) is 11.9. The first-order valence-electron chi connectivity index (χ1n) is 6.27. The third kappa shape index (κ3) is 3.35. The zero-order valence-corrected chi connectivity index (χ0v) is 11.4. The Balaban J connectivity index is 1.99. The average molecular weight is 273 g/mol. The zero-order chi connectivity index (χ0) is 14.5. The molecule has 0 atom stereocenters. The third-order valence-corrected chi connectivity index (χ3v) is 2.98. The number of benzene rings is 2. The molecule has 0 aromatic heterocycles. The molecule has 0 saturated heterocycles. The van der Waals surface area contributed by atoms with Gasteiger partial charge in [-0.3, -0.25) is 4.79 Å². The van der Waals surface area contributed by atoms with Gasteiger partial charge in [-0.25, -0.2) is 4.39 Å². The monoisotopic (exact) mass is 273 g/mol. The van der Waals surface area contributed by atoms with E-state index >= 15 is 0 Å². The molecule has 0 spiro atoms. The second kappa shape index (κ2) is 6.19. The molecule has 0 aliphatic rings. The van der Waals surface area contributed by atoms with Crippen LogP contribution in [0.2, 0.25) is 0 Å². The molecule has 0 aliphatic heterocycles. The Morgan fingerprint density at radius 2 is 1.90 bits per heavy atom. The molecule has 1 N–H and O–H groups in total. The van der Waals surface area contributed by atoms with Crippen molar-refractivity contribution in [3.8, 4) is 5.75 Å². The van der Waals surface area contributed by atoms with Crippen molar-refractivity contribution >= 4 is 5.91 Å². The minimum Gasteiger partial charge on any atom is -0.494 e. The topological polar surface area (TPSA) is 38.3 Å². The van der Waals surface area contributed by atoms with E-state index in [0.29, 0.717) is 11.1 Å². The van der Waals surface area contributed by atoms with Crippen LogP contribution >= 0.6 is 0 Å². The summed E-state index contributed by atoms with van der Waals surface area (Å²) >= 11 is 0. The van der Waals surface area contributed by atoms with E-state index in [1.807, 2.05) is 19.1 Å². The van der Waals surface area contributed by atoms with E-state index in [2.05, 4.69) is 5.32 Å². The van der Waals surface area contributed by atoms with Crippen molar-refractivity contribution in [2.75, 3.05) is 7.11 Å². The van der Waals surface area contributed by atoms with Crippen molar-refractivity contribution in [1.82, 2.24) is 5.32 Å². The Kier molecular flexibility index (Phi) is 4.35.